The minimum absolute atomic E-state index is 0.106. The van der Waals surface area contributed by atoms with E-state index in [0.29, 0.717) is 13.0 Å². The van der Waals surface area contributed by atoms with E-state index in [1.807, 2.05) is 0 Å². The fourth-order valence-electron chi connectivity index (χ4n) is 4.79. The summed E-state index contributed by atoms with van der Waals surface area (Å²) in [4.78, 5) is 12.6. The van der Waals surface area contributed by atoms with Gasteiger partial charge in [0.15, 0.2) is 6.29 Å². The number of esters is 1. The molecule has 0 aromatic carbocycles. The van der Waals surface area contributed by atoms with Crippen LogP contribution in [0.2, 0.25) is 0 Å². The predicted molar refractivity (Wildman–Crippen MR) is 178 cm³/mol. The third-order valence-corrected chi connectivity index (χ3v) is 7.51. The predicted octanol–water partition coefficient (Wildman–Crippen LogP) is 5.85. The summed E-state index contributed by atoms with van der Waals surface area (Å²) in [5, 5.41) is 39.8. The second kappa shape index (κ2) is 28.4. The first-order chi connectivity index (χ1) is 21.9. The maximum absolute atomic E-state index is 12.6. The number of allylic oxidation sites excluding steroid dienone is 8. The van der Waals surface area contributed by atoms with Crippen LogP contribution in [0.25, 0.3) is 0 Å². The lowest BCUT2D eigenvalue weighted by Gasteiger charge is -2.39. The molecule has 0 aromatic rings. The summed E-state index contributed by atoms with van der Waals surface area (Å²) in [7, 11) is 0. The quantitative estimate of drug-likeness (QED) is 0.0497. The van der Waals surface area contributed by atoms with E-state index in [1.165, 1.54) is 32.1 Å². The first-order valence-corrected chi connectivity index (χ1v) is 17.2. The van der Waals surface area contributed by atoms with Crippen LogP contribution in [0, 0.1) is 0 Å². The SMILES string of the molecule is CC/C=C\C/C=C\C/C=C\C/C=C\CCCOCC(COC1OC(CO)C(O)C(O)C1O)OC(=O)CCCCCCCCCC. The molecule has 6 atom stereocenters. The molecule has 1 aliphatic rings. The lowest BCUT2D eigenvalue weighted by atomic mass is 9.99. The molecule has 1 fully saturated rings. The molecule has 0 radical (unpaired) electrons. The average molecular weight is 639 g/mol. The molecule has 1 heterocycles. The Balaban J connectivity index is 2.42. The van der Waals surface area contributed by atoms with Gasteiger partial charge >= 0.3 is 5.97 Å². The second-order valence-electron chi connectivity index (χ2n) is 11.6. The van der Waals surface area contributed by atoms with E-state index in [9.17, 15) is 25.2 Å². The molecule has 260 valence electrons. The molecule has 0 aliphatic carbocycles. The molecule has 9 nitrogen and oxygen atoms in total. The van der Waals surface area contributed by atoms with Crippen LogP contribution in [0.1, 0.15) is 110 Å². The zero-order valence-electron chi connectivity index (χ0n) is 27.8. The van der Waals surface area contributed by atoms with Gasteiger partial charge in [0.1, 0.15) is 30.5 Å². The van der Waals surface area contributed by atoms with E-state index in [2.05, 4.69) is 62.5 Å². The summed E-state index contributed by atoms with van der Waals surface area (Å²) >= 11 is 0. The molecule has 1 aliphatic heterocycles. The maximum Gasteiger partial charge on any atom is 0.306 e. The van der Waals surface area contributed by atoms with Crippen LogP contribution < -0.4 is 0 Å². The summed E-state index contributed by atoms with van der Waals surface area (Å²) in [6.45, 7) is 4.23. The lowest BCUT2D eigenvalue weighted by Crippen LogP contribution is -2.59. The number of aliphatic hydroxyl groups is 4. The van der Waals surface area contributed by atoms with Crippen molar-refractivity contribution in [2.75, 3.05) is 26.4 Å². The van der Waals surface area contributed by atoms with Gasteiger partial charge in [-0.3, -0.25) is 4.79 Å². The van der Waals surface area contributed by atoms with Crippen molar-refractivity contribution in [2.24, 2.45) is 0 Å². The van der Waals surface area contributed by atoms with Gasteiger partial charge in [0.2, 0.25) is 0 Å². The highest BCUT2D eigenvalue weighted by atomic mass is 16.7. The number of rotatable bonds is 27. The van der Waals surface area contributed by atoms with Gasteiger partial charge in [0.25, 0.3) is 0 Å². The number of hydrogen-bond acceptors (Lipinski definition) is 9. The number of unbranched alkanes of at least 4 members (excludes halogenated alkanes) is 8. The summed E-state index contributed by atoms with van der Waals surface area (Å²) in [6, 6.07) is 0. The molecular weight excluding hydrogens is 576 g/mol. The highest BCUT2D eigenvalue weighted by molar-refractivity contribution is 5.69. The van der Waals surface area contributed by atoms with Gasteiger partial charge in [-0.05, 0) is 44.9 Å². The first-order valence-electron chi connectivity index (χ1n) is 17.2. The molecular formula is C36H62O9. The van der Waals surface area contributed by atoms with Crippen molar-refractivity contribution in [3.63, 3.8) is 0 Å². The number of hydrogen-bond donors (Lipinski definition) is 4. The smallest absolute Gasteiger partial charge is 0.306 e. The Bertz CT molecular complexity index is 823. The lowest BCUT2D eigenvalue weighted by molar-refractivity contribution is -0.305. The number of ether oxygens (including phenoxy) is 4. The number of aliphatic hydroxyl groups excluding tert-OH is 4. The van der Waals surface area contributed by atoms with E-state index in [-0.39, 0.29) is 19.2 Å². The van der Waals surface area contributed by atoms with Crippen molar-refractivity contribution < 1.29 is 44.2 Å². The van der Waals surface area contributed by atoms with Gasteiger partial charge in [0.05, 0.1) is 19.8 Å². The number of carbonyl (C=O) groups is 1. The fourth-order valence-corrected chi connectivity index (χ4v) is 4.79. The van der Waals surface area contributed by atoms with Crippen LogP contribution in [0.15, 0.2) is 48.6 Å². The molecule has 1 saturated heterocycles. The molecule has 0 aromatic heterocycles. The summed E-state index contributed by atoms with van der Waals surface area (Å²) < 4.78 is 22.5. The normalized spacial score (nSPS) is 23.2. The molecule has 9 heteroatoms. The van der Waals surface area contributed by atoms with Gasteiger partial charge in [-0.25, -0.2) is 0 Å². The van der Waals surface area contributed by atoms with Crippen LogP contribution >= 0.6 is 0 Å². The first kappa shape index (κ1) is 41.2. The molecule has 6 unspecified atom stereocenters. The second-order valence-corrected chi connectivity index (χ2v) is 11.6. The fraction of sp³-hybridized carbons (Fsp3) is 0.750. The topological polar surface area (TPSA) is 135 Å². The van der Waals surface area contributed by atoms with Crippen molar-refractivity contribution in [1.82, 2.24) is 0 Å². The Morgan fingerprint density at radius 1 is 0.733 bits per heavy atom. The van der Waals surface area contributed by atoms with E-state index >= 15 is 0 Å². The van der Waals surface area contributed by atoms with Gasteiger partial charge in [-0.1, -0.05) is 107 Å². The Labute approximate surface area is 272 Å². The molecule has 0 spiro atoms. The van der Waals surface area contributed by atoms with E-state index in [0.717, 1.165) is 57.8 Å². The third-order valence-electron chi connectivity index (χ3n) is 7.51. The van der Waals surface area contributed by atoms with Crippen LogP contribution in [0.5, 0.6) is 0 Å². The van der Waals surface area contributed by atoms with Crippen molar-refractivity contribution in [1.29, 1.82) is 0 Å². The van der Waals surface area contributed by atoms with E-state index in [4.69, 9.17) is 18.9 Å². The van der Waals surface area contributed by atoms with Crippen LogP contribution in [-0.4, -0.2) is 89.6 Å². The van der Waals surface area contributed by atoms with Gasteiger partial charge in [-0.15, -0.1) is 0 Å². The molecule has 45 heavy (non-hydrogen) atoms. The van der Waals surface area contributed by atoms with E-state index < -0.39 is 43.4 Å². The summed E-state index contributed by atoms with van der Waals surface area (Å²) in [5.41, 5.74) is 0. The van der Waals surface area contributed by atoms with Gasteiger partial charge in [-0.2, -0.15) is 0 Å². The van der Waals surface area contributed by atoms with Gasteiger partial charge < -0.3 is 39.4 Å². The molecule has 0 saturated carbocycles. The van der Waals surface area contributed by atoms with Crippen LogP contribution in [-0.2, 0) is 23.7 Å². The minimum atomic E-state index is -1.54. The molecule has 0 amide bonds. The standard InChI is InChI=1S/C36H62O9/c1-3-5-7-9-11-13-14-15-16-17-18-20-22-24-26-42-28-30(44-32(38)25-23-21-19-12-10-8-6-4-2)29-43-36-35(41)34(40)33(39)31(27-37)45-36/h5,7,11,13,15-16,18,20,30-31,33-37,39-41H,3-4,6,8-10,12,14,17,19,21-29H2,1-2H3/b7-5-,13-11-,16-15-,20-18-. The Morgan fingerprint density at radius 3 is 1.96 bits per heavy atom. The monoisotopic (exact) mass is 638 g/mol. The minimum Gasteiger partial charge on any atom is -0.457 e. The zero-order valence-corrected chi connectivity index (χ0v) is 27.8. The Morgan fingerprint density at radius 2 is 1.33 bits per heavy atom. The third kappa shape index (κ3) is 20.8. The molecule has 1 rings (SSSR count). The summed E-state index contributed by atoms with van der Waals surface area (Å²) in [6.07, 6.45) is 24.5. The largest absolute Gasteiger partial charge is 0.457 e. The highest BCUT2D eigenvalue weighted by Crippen LogP contribution is 2.22. The molecule has 4 N–H and O–H groups in total. The Hall–Kier alpha value is -1.85. The molecule has 0 bridgehead atoms. The van der Waals surface area contributed by atoms with Crippen molar-refractivity contribution in [2.45, 2.75) is 147 Å². The van der Waals surface area contributed by atoms with Crippen molar-refractivity contribution >= 4 is 5.97 Å². The summed E-state index contributed by atoms with van der Waals surface area (Å²) in [5.74, 6) is -0.341. The van der Waals surface area contributed by atoms with E-state index in [1.54, 1.807) is 0 Å². The highest BCUT2D eigenvalue weighted by Gasteiger charge is 2.44. The maximum atomic E-state index is 12.6. The number of carbonyl (C=O) groups excluding carboxylic acids is 1. The van der Waals surface area contributed by atoms with Crippen molar-refractivity contribution in [3.05, 3.63) is 48.6 Å². The average Bonchev–Trinajstić information content (AvgIpc) is 3.04. The van der Waals surface area contributed by atoms with Crippen molar-refractivity contribution in [3.8, 4) is 0 Å². The van der Waals surface area contributed by atoms with Gasteiger partial charge in [0, 0.05) is 13.0 Å². The van der Waals surface area contributed by atoms with Crippen LogP contribution in [0.4, 0.5) is 0 Å². The van der Waals surface area contributed by atoms with Crippen LogP contribution in [0.3, 0.4) is 0 Å². The Kier molecular flexibility index (Phi) is 26.0. The zero-order chi connectivity index (χ0) is 33.0.